The number of halogens is 2. The molecule has 2 aromatic carbocycles. The van der Waals surface area contributed by atoms with Gasteiger partial charge in [0.25, 0.3) is 0 Å². The first-order valence-corrected chi connectivity index (χ1v) is 8.41. The summed E-state index contributed by atoms with van der Waals surface area (Å²) in [5.74, 6) is -1.07. The Balaban J connectivity index is 2.30. The molecule has 6 heteroatoms. The van der Waals surface area contributed by atoms with Crippen molar-refractivity contribution in [3.05, 3.63) is 68.8 Å². The van der Waals surface area contributed by atoms with Gasteiger partial charge in [-0.25, -0.2) is 9.48 Å². The number of benzene rings is 2. The van der Waals surface area contributed by atoms with Crippen LogP contribution in [0.4, 0.5) is 0 Å². The van der Waals surface area contributed by atoms with Crippen molar-refractivity contribution >= 4 is 29.2 Å². The zero-order valence-corrected chi connectivity index (χ0v) is 15.5. The maximum atomic E-state index is 11.6. The van der Waals surface area contributed by atoms with Gasteiger partial charge in [0.15, 0.2) is 5.69 Å². The van der Waals surface area contributed by atoms with Gasteiger partial charge in [-0.3, -0.25) is 0 Å². The van der Waals surface area contributed by atoms with Crippen LogP contribution in [0.2, 0.25) is 10.0 Å². The quantitative estimate of drug-likeness (QED) is 0.661. The molecule has 0 saturated heterocycles. The van der Waals surface area contributed by atoms with Crippen molar-refractivity contribution in [3.63, 3.8) is 0 Å². The molecule has 0 atom stereocenters. The maximum Gasteiger partial charge on any atom is 0.356 e. The Kier molecular flexibility index (Phi) is 4.58. The first kappa shape index (κ1) is 17.5. The molecule has 25 heavy (non-hydrogen) atoms. The van der Waals surface area contributed by atoms with Gasteiger partial charge in [-0.2, -0.15) is 5.10 Å². The minimum Gasteiger partial charge on any atom is -0.476 e. The highest BCUT2D eigenvalue weighted by molar-refractivity contribution is 6.42. The molecule has 0 saturated carbocycles. The molecule has 3 rings (SSSR count). The lowest BCUT2D eigenvalue weighted by Gasteiger charge is -2.11. The average Bonchev–Trinajstić information content (AvgIpc) is 2.90. The monoisotopic (exact) mass is 374 g/mol. The van der Waals surface area contributed by atoms with Crippen molar-refractivity contribution in [1.82, 2.24) is 9.78 Å². The predicted molar refractivity (Wildman–Crippen MR) is 100 cm³/mol. The van der Waals surface area contributed by atoms with Crippen LogP contribution in [0.15, 0.2) is 36.4 Å². The number of aryl methyl sites for hydroxylation is 2. The van der Waals surface area contributed by atoms with Crippen LogP contribution in [0.3, 0.4) is 0 Å². The van der Waals surface area contributed by atoms with E-state index in [9.17, 15) is 9.90 Å². The first-order chi connectivity index (χ1) is 11.8. The summed E-state index contributed by atoms with van der Waals surface area (Å²) in [5.41, 5.74) is 5.17. The van der Waals surface area contributed by atoms with Crippen LogP contribution >= 0.6 is 23.2 Å². The van der Waals surface area contributed by atoms with Crippen molar-refractivity contribution in [2.75, 3.05) is 0 Å². The maximum absolute atomic E-state index is 11.6. The van der Waals surface area contributed by atoms with Gasteiger partial charge in [0.1, 0.15) is 0 Å². The van der Waals surface area contributed by atoms with Crippen molar-refractivity contribution in [2.45, 2.75) is 20.8 Å². The number of hydrogen-bond donors (Lipinski definition) is 1. The number of hydrogen-bond acceptors (Lipinski definition) is 2. The molecular formula is C19H16Cl2N2O2. The van der Waals surface area contributed by atoms with Gasteiger partial charge in [-0.15, -0.1) is 0 Å². The highest BCUT2D eigenvalue weighted by Crippen LogP contribution is 2.32. The van der Waals surface area contributed by atoms with Gasteiger partial charge in [-0.05, 0) is 56.2 Å². The number of rotatable bonds is 3. The van der Waals surface area contributed by atoms with Crippen molar-refractivity contribution < 1.29 is 9.90 Å². The third kappa shape index (κ3) is 3.15. The summed E-state index contributed by atoms with van der Waals surface area (Å²) in [6, 6.07) is 11.1. The van der Waals surface area contributed by atoms with E-state index in [1.807, 2.05) is 32.0 Å². The Bertz CT molecular complexity index is 993. The third-order valence-electron chi connectivity index (χ3n) is 4.25. The van der Waals surface area contributed by atoms with E-state index >= 15 is 0 Å². The van der Waals surface area contributed by atoms with Gasteiger partial charge in [-0.1, -0.05) is 35.3 Å². The fourth-order valence-corrected chi connectivity index (χ4v) is 3.02. The van der Waals surface area contributed by atoms with Crippen LogP contribution in [-0.4, -0.2) is 20.9 Å². The van der Waals surface area contributed by atoms with E-state index in [0.717, 1.165) is 16.8 Å². The zero-order chi connectivity index (χ0) is 18.3. The van der Waals surface area contributed by atoms with Crippen LogP contribution in [0, 0.1) is 20.8 Å². The molecular weight excluding hydrogens is 359 g/mol. The molecule has 0 fully saturated rings. The van der Waals surface area contributed by atoms with E-state index in [2.05, 4.69) is 5.10 Å². The molecule has 1 N–H and O–H groups in total. The smallest absolute Gasteiger partial charge is 0.356 e. The Morgan fingerprint density at radius 2 is 1.72 bits per heavy atom. The van der Waals surface area contributed by atoms with E-state index < -0.39 is 5.97 Å². The lowest BCUT2D eigenvalue weighted by Crippen LogP contribution is -2.02. The Labute approximate surface area is 155 Å². The third-order valence-corrected chi connectivity index (χ3v) is 4.99. The van der Waals surface area contributed by atoms with Crippen molar-refractivity contribution in [1.29, 1.82) is 0 Å². The second-order valence-electron chi connectivity index (χ2n) is 5.94. The molecule has 0 spiro atoms. The van der Waals surface area contributed by atoms with Crippen LogP contribution in [0.25, 0.3) is 16.9 Å². The van der Waals surface area contributed by atoms with E-state index in [1.54, 1.807) is 29.8 Å². The van der Waals surface area contributed by atoms with E-state index in [1.165, 1.54) is 5.56 Å². The van der Waals surface area contributed by atoms with Gasteiger partial charge in [0, 0.05) is 11.1 Å². The van der Waals surface area contributed by atoms with Crippen LogP contribution < -0.4 is 0 Å². The topological polar surface area (TPSA) is 55.1 Å². The number of carboxylic acid groups (broad SMARTS) is 1. The molecule has 0 aliphatic heterocycles. The van der Waals surface area contributed by atoms with Gasteiger partial charge in [0.05, 0.1) is 21.4 Å². The standard InChI is InChI=1S/C19H16Cl2N2O2/c1-10-4-5-13(8-11(10)2)18-12(3)17(19(24)25)22-23(18)14-6-7-15(20)16(21)9-14/h4-9H,1-3H3,(H,24,25). The summed E-state index contributed by atoms with van der Waals surface area (Å²) >= 11 is 12.1. The zero-order valence-electron chi connectivity index (χ0n) is 14.0. The summed E-state index contributed by atoms with van der Waals surface area (Å²) < 4.78 is 1.60. The molecule has 0 amide bonds. The highest BCUT2D eigenvalue weighted by Gasteiger charge is 2.22. The molecule has 0 aliphatic carbocycles. The van der Waals surface area contributed by atoms with Crippen LogP contribution in [0.1, 0.15) is 27.2 Å². The lowest BCUT2D eigenvalue weighted by molar-refractivity contribution is 0.0689. The molecule has 4 nitrogen and oxygen atoms in total. The Hall–Kier alpha value is -2.30. The summed E-state index contributed by atoms with van der Waals surface area (Å²) in [6.07, 6.45) is 0. The number of aromatic nitrogens is 2. The number of carboxylic acids is 1. The molecule has 0 bridgehead atoms. The molecule has 1 heterocycles. The van der Waals surface area contributed by atoms with Gasteiger partial charge in [0.2, 0.25) is 0 Å². The Morgan fingerprint density at radius 3 is 2.32 bits per heavy atom. The minimum absolute atomic E-state index is 0.0132. The summed E-state index contributed by atoms with van der Waals surface area (Å²) in [6.45, 7) is 5.81. The van der Waals surface area contributed by atoms with Crippen LogP contribution in [-0.2, 0) is 0 Å². The van der Waals surface area contributed by atoms with Crippen LogP contribution in [0.5, 0.6) is 0 Å². The fraction of sp³-hybridized carbons (Fsp3) is 0.158. The number of aromatic carboxylic acids is 1. The Morgan fingerprint density at radius 1 is 1.00 bits per heavy atom. The van der Waals surface area contributed by atoms with E-state index in [-0.39, 0.29) is 5.69 Å². The number of nitrogens with zero attached hydrogens (tertiary/aromatic N) is 2. The van der Waals surface area contributed by atoms with E-state index in [4.69, 9.17) is 23.2 Å². The fourth-order valence-electron chi connectivity index (χ4n) is 2.73. The number of carbonyl (C=O) groups is 1. The van der Waals surface area contributed by atoms with E-state index in [0.29, 0.717) is 21.3 Å². The molecule has 0 radical (unpaired) electrons. The van der Waals surface area contributed by atoms with Crippen molar-refractivity contribution in [3.8, 4) is 16.9 Å². The second kappa shape index (κ2) is 6.54. The SMILES string of the molecule is Cc1ccc(-c2c(C)c(C(=O)O)nn2-c2ccc(Cl)c(Cl)c2)cc1C. The van der Waals surface area contributed by atoms with Gasteiger partial charge < -0.3 is 5.11 Å². The minimum atomic E-state index is -1.07. The predicted octanol–water partition coefficient (Wildman–Crippen LogP) is 5.47. The second-order valence-corrected chi connectivity index (χ2v) is 6.75. The lowest BCUT2D eigenvalue weighted by atomic mass is 10.0. The van der Waals surface area contributed by atoms with Gasteiger partial charge >= 0.3 is 5.97 Å². The molecule has 3 aromatic rings. The molecule has 128 valence electrons. The summed E-state index contributed by atoms with van der Waals surface area (Å²) in [7, 11) is 0. The molecule has 0 aliphatic rings. The first-order valence-electron chi connectivity index (χ1n) is 7.65. The summed E-state index contributed by atoms with van der Waals surface area (Å²) in [4.78, 5) is 11.6. The molecule has 0 unspecified atom stereocenters. The van der Waals surface area contributed by atoms with Crippen molar-refractivity contribution in [2.24, 2.45) is 0 Å². The normalized spacial score (nSPS) is 10.9. The largest absolute Gasteiger partial charge is 0.476 e. The summed E-state index contributed by atoms with van der Waals surface area (Å²) in [5, 5.41) is 14.6. The molecule has 1 aromatic heterocycles. The highest BCUT2D eigenvalue weighted by atomic mass is 35.5. The average molecular weight is 375 g/mol.